The number of nitrogens with zero attached hydrogens (tertiary/aromatic N) is 1. The van der Waals surface area contributed by atoms with Crippen molar-refractivity contribution in [2.24, 2.45) is 17.8 Å². The maximum absolute atomic E-state index is 12.8. The third-order valence-electron chi connectivity index (χ3n) is 4.57. The number of hydrogen-bond acceptors (Lipinski definition) is 3. The zero-order chi connectivity index (χ0) is 17.9. The minimum absolute atomic E-state index is 0.00971. The van der Waals surface area contributed by atoms with E-state index in [9.17, 15) is 9.59 Å². The molecule has 1 amide bonds. The van der Waals surface area contributed by atoms with Gasteiger partial charge in [0.15, 0.2) is 5.78 Å². The van der Waals surface area contributed by atoms with Gasteiger partial charge in [-0.25, -0.2) is 0 Å². The third-order valence-corrected chi connectivity index (χ3v) is 5.71. The van der Waals surface area contributed by atoms with Crippen LogP contribution in [0.15, 0.2) is 6.07 Å². The normalized spacial score (nSPS) is 20.4. The standard InChI is InChI=1S/C20H27NO2S/c1-13(2)6-11-17-12-18(19(24-17)15(4)22)21(5)20(23)16-9-7-14(3)8-10-16/h12-14,16H,7-10H2,1-5H3. The molecule has 130 valence electrons. The van der Waals surface area contributed by atoms with Crippen LogP contribution in [-0.2, 0) is 4.79 Å². The average Bonchev–Trinajstić information content (AvgIpc) is 2.97. The van der Waals surface area contributed by atoms with Crippen LogP contribution in [0.25, 0.3) is 0 Å². The summed E-state index contributed by atoms with van der Waals surface area (Å²) in [6.45, 7) is 7.87. The fourth-order valence-electron chi connectivity index (χ4n) is 3.06. The topological polar surface area (TPSA) is 37.4 Å². The van der Waals surface area contributed by atoms with E-state index in [0.29, 0.717) is 16.5 Å². The SMILES string of the molecule is CC(=O)c1sc(C#CC(C)C)cc1N(C)C(=O)C1CCC(C)CC1. The van der Waals surface area contributed by atoms with Crippen LogP contribution >= 0.6 is 11.3 Å². The van der Waals surface area contributed by atoms with Crippen LogP contribution in [0, 0.1) is 29.6 Å². The molecular formula is C20H27NO2S. The van der Waals surface area contributed by atoms with Crippen molar-refractivity contribution < 1.29 is 9.59 Å². The van der Waals surface area contributed by atoms with Gasteiger partial charge in [0, 0.05) is 25.8 Å². The molecule has 0 N–H and O–H groups in total. The molecule has 0 radical (unpaired) electrons. The molecule has 0 spiro atoms. The van der Waals surface area contributed by atoms with Gasteiger partial charge in [-0.3, -0.25) is 9.59 Å². The number of hydrogen-bond donors (Lipinski definition) is 0. The Labute approximate surface area is 149 Å². The van der Waals surface area contributed by atoms with Crippen LogP contribution in [0.3, 0.4) is 0 Å². The Kier molecular flexibility index (Phi) is 6.23. The molecule has 1 aromatic heterocycles. The highest BCUT2D eigenvalue weighted by molar-refractivity contribution is 7.15. The van der Waals surface area contributed by atoms with Gasteiger partial charge in [0.05, 0.1) is 15.4 Å². The van der Waals surface area contributed by atoms with Gasteiger partial charge in [-0.05, 0) is 37.7 Å². The molecule has 4 heteroatoms. The lowest BCUT2D eigenvalue weighted by Gasteiger charge is -2.29. The monoisotopic (exact) mass is 345 g/mol. The van der Waals surface area contributed by atoms with E-state index < -0.39 is 0 Å². The van der Waals surface area contributed by atoms with Gasteiger partial charge in [-0.2, -0.15) is 0 Å². The number of thiophene rings is 1. The van der Waals surface area contributed by atoms with Gasteiger partial charge < -0.3 is 4.90 Å². The summed E-state index contributed by atoms with van der Waals surface area (Å²) in [7, 11) is 1.79. The van der Waals surface area contributed by atoms with Crippen molar-refractivity contribution in [2.75, 3.05) is 11.9 Å². The third kappa shape index (κ3) is 4.48. The zero-order valence-corrected chi connectivity index (χ0v) is 16.1. The van der Waals surface area contributed by atoms with Crippen molar-refractivity contribution in [1.82, 2.24) is 0 Å². The first-order valence-corrected chi connectivity index (χ1v) is 9.55. The lowest BCUT2D eigenvalue weighted by atomic mass is 9.82. The smallest absolute Gasteiger partial charge is 0.229 e. The molecule has 1 saturated carbocycles. The van der Waals surface area contributed by atoms with Crippen LogP contribution in [0.5, 0.6) is 0 Å². The molecule has 0 atom stereocenters. The largest absolute Gasteiger partial charge is 0.314 e. The summed E-state index contributed by atoms with van der Waals surface area (Å²) in [6, 6.07) is 1.89. The van der Waals surface area contributed by atoms with Gasteiger partial charge in [0.1, 0.15) is 0 Å². The Balaban J connectivity index is 2.24. The fourth-order valence-corrected chi connectivity index (χ4v) is 4.00. The Morgan fingerprint density at radius 2 is 1.88 bits per heavy atom. The number of anilines is 1. The van der Waals surface area contributed by atoms with Gasteiger partial charge >= 0.3 is 0 Å². The molecule has 1 aliphatic carbocycles. The van der Waals surface area contributed by atoms with E-state index in [4.69, 9.17) is 0 Å². The van der Waals surface area contributed by atoms with Crippen LogP contribution < -0.4 is 4.90 Å². The maximum atomic E-state index is 12.8. The summed E-state index contributed by atoms with van der Waals surface area (Å²) in [4.78, 5) is 28.0. The quantitative estimate of drug-likeness (QED) is 0.586. The fraction of sp³-hybridized carbons (Fsp3) is 0.600. The van der Waals surface area contributed by atoms with Gasteiger partial charge in [-0.1, -0.05) is 32.6 Å². The van der Waals surface area contributed by atoms with Crippen LogP contribution in [-0.4, -0.2) is 18.7 Å². The molecule has 0 aromatic carbocycles. The first kappa shape index (κ1) is 18.7. The molecule has 0 saturated heterocycles. The summed E-state index contributed by atoms with van der Waals surface area (Å²) in [5, 5.41) is 0. The molecule has 2 rings (SSSR count). The molecule has 0 aliphatic heterocycles. The van der Waals surface area contributed by atoms with E-state index >= 15 is 0 Å². The highest BCUT2D eigenvalue weighted by Gasteiger charge is 2.29. The van der Waals surface area contributed by atoms with E-state index in [0.717, 1.165) is 30.6 Å². The van der Waals surface area contributed by atoms with Crippen molar-refractivity contribution in [3.8, 4) is 11.8 Å². The highest BCUT2D eigenvalue weighted by atomic mass is 32.1. The Hall–Kier alpha value is -1.60. The van der Waals surface area contributed by atoms with Gasteiger partial charge in [-0.15, -0.1) is 11.3 Å². The summed E-state index contributed by atoms with van der Waals surface area (Å²) in [5.74, 6) is 7.43. The summed E-state index contributed by atoms with van der Waals surface area (Å²) in [6.07, 6.45) is 4.12. The molecular weight excluding hydrogens is 318 g/mol. The number of rotatable bonds is 3. The molecule has 24 heavy (non-hydrogen) atoms. The van der Waals surface area contributed by atoms with Gasteiger partial charge in [0.25, 0.3) is 0 Å². The van der Waals surface area contributed by atoms with Crippen LogP contribution in [0.1, 0.15) is 67.9 Å². The predicted molar refractivity (Wildman–Crippen MR) is 101 cm³/mol. The first-order valence-electron chi connectivity index (χ1n) is 8.73. The van der Waals surface area contributed by atoms with Crippen molar-refractivity contribution in [3.05, 3.63) is 15.8 Å². The number of ketones is 1. The second kappa shape index (κ2) is 7.98. The van der Waals surface area contributed by atoms with Crippen LogP contribution in [0.4, 0.5) is 5.69 Å². The van der Waals surface area contributed by atoms with Crippen LogP contribution in [0.2, 0.25) is 0 Å². The summed E-state index contributed by atoms with van der Waals surface area (Å²) >= 11 is 1.39. The number of Topliss-reactive ketones (excluding diaryl/α,β-unsaturated/α-hetero) is 1. The van der Waals surface area contributed by atoms with E-state index in [1.54, 1.807) is 18.9 Å². The van der Waals surface area contributed by atoms with E-state index in [1.165, 1.54) is 11.3 Å². The van der Waals surface area contributed by atoms with Crippen molar-refractivity contribution in [2.45, 2.75) is 53.4 Å². The van der Waals surface area contributed by atoms with E-state index in [-0.39, 0.29) is 23.5 Å². The lowest BCUT2D eigenvalue weighted by molar-refractivity contribution is -0.123. The van der Waals surface area contributed by atoms with E-state index in [1.807, 2.05) is 19.9 Å². The first-order chi connectivity index (χ1) is 11.3. The molecule has 1 aromatic rings. The highest BCUT2D eigenvalue weighted by Crippen LogP contribution is 2.34. The Morgan fingerprint density at radius 1 is 1.25 bits per heavy atom. The molecule has 1 heterocycles. The van der Waals surface area contributed by atoms with Crippen molar-refractivity contribution in [3.63, 3.8) is 0 Å². The van der Waals surface area contributed by atoms with Crippen molar-refractivity contribution >= 4 is 28.7 Å². The molecule has 0 unspecified atom stereocenters. The minimum atomic E-state index is -0.00971. The van der Waals surface area contributed by atoms with E-state index in [2.05, 4.69) is 18.8 Å². The number of carbonyl (C=O) groups is 2. The lowest BCUT2D eigenvalue weighted by Crippen LogP contribution is -2.35. The van der Waals surface area contributed by atoms with Gasteiger partial charge in [0.2, 0.25) is 5.91 Å². The Morgan fingerprint density at radius 3 is 2.42 bits per heavy atom. The molecule has 1 aliphatic rings. The minimum Gasteiger partial charge on any atom is -0.314 e. The summed E-state index contributed by atoms with van der Waals surface area (Å²) in [5.41, 5.74) is 0.712. The molecule has 1 fully saturated rings. The zero-order valence-electron chi connectivity index (χ0n) is 15.3. The van der Waals surface area contributed by atoms with Crippen molar-refractivity contribution in [1.29, 1.82) is 0 Å². The number of amides is 1. The Bertz CT molecular complexity index is 670. The number of carbonyl (C=O) groups excluding carboxylic acids is 2. The molecule has 0 bridgehead atoms. The molecule has 3 nitrogen and oxygen atoms in total. The second-order valence-corrected chi connectivity index (χ2v) is 8.21. The summed E-state index contributed by atoms with van der Waals surface area (Å²) < 4.78 is 0. The average molecular weight is 346 g/mol. The maximum Gasteiger partial charge on any atom is 0.229 e. The second-order valence-electron chi connectivity index (χ2n) is 7.16. The predicted octanol–water partition coefficient (Wildman–Crippen LogP) is 4.75.